The molecule has 0 N–H and O–H groups in total. The van der Waals surface area contributed by atoms with Crippen molar-refractivity contribution in [2.45, 2.75) is 13.1 Å². The fourth-order valence-corrected chi connectivity index (χ4v) is 0.766. The number of pyridine rings is 1. The predicted molar refractivity (Wildman–Crippen MR) is 39.4 cm³/mol. The lowest BCUT2D eigenvalue weighted by Crippen LogP contribution is -2.22. The first-order chi connectivity index (χ1) is 5.91. The first-order valence-corrected chi connectivity index (χ1v) is 3.45. The molecule has 1 heterocycles. The molecule has 0 spiro atoms. The molecule has 0 bridgehead atoms. The summed E-state index contributed by atoms with van der Waals surface area (Å²) in [7, 11) is 0. The van der Waals surface area contributed by atoms with Crippen molar-refractivity contribution in [2.24, 2.45) is 0 Å². The van der Waals surface area contributed by atoms with Crippen LogP contribution in [0.1, 0.15) is 16.1 Å². The van der Waals surface area contributed by atoms with Crippen molar-refractivity contribution < 1.29 is 18.0 Å². The van der Waals surface area contributed by atoms with Gasteiger partial charge in [0.1, 0.15) is 0 Å². The van der Waals surface area contributed by atoms with E-state index in [1.807, 2.05) is 0 Å². The Balaban J connectivity index is 2.97. The minimum Gasteiger partial charge on any atom is -0.284 e. The maximum absolute atomic E-state index is 11.9. The molecule has 0 saturated carbocycles. The summed E-state index contributed by atoms with van der Waals surface area (Å²) >= 11 is 0. The monoisotopic (exact) mass is 189 g/mol. The van der Waals surface area contributed by atoms with Gasteiger partial charge in [-0.1, -0.05) is 0 Å². The largest absolute Gasteiger partial charge is 0.454 e. The van der Waals surface area contributed by atoms with Crippen LogP contribution < -0.4 is 0 Å². The van der Waals surface area contributed by atoms with Crippen LogP contribution in [0.2, 0.25) is 0 Å². The van der Waals surface area contributed by atoms with Gasteiger partial charge in [-0.25, -0.2) is 0 Å². The van der Waals surface area contributed by atoms with Crippen LogP contribution in [0.4, 0.5) is 13.2 Å². The van der Waals surface area contributed by atoms with Crippen LogP contribution in [-0.2, 0) is 0 Å². The summed E-state index contributed by atoms with van der Waals surface area (Å²) in [4.78, 5) is 14.2. The average molecular weight is 189 g/mol. The van der Waals surface area contributed by atoms with Crippen LogP contribution in [-0.4, -0.2) is 16.9 Å². The van der Waals surface area contributed by atoms with E-state index < -0.39 is 17.5 Å². The highest BCUT2D eigenvalue weighted by molar-refractivity contribution is 5.99. The van der Waals surface area contributed by atoms with Gasteiger partial charge in [-0.3, -0.25) is 9.78 Å². The van der Waals surface area contributed by atoms with Gasteiger partial charge in [-0.2, -0.15) is 13.2 Å². The Kier molecular flexibility index (Phi) is 2.36. The SMILES string of the molecule is Cc1ccc(C(=O)C(F)(F)F)cn1. The fourth-order valence-electron chi connectivity index (χ4n) is 0.766. The highest BCUT2D eigenvalue weighted by Gasteiger charge is 2.39. The minimum absolute atomic E-state index is 0.432. The van der Waals surface area contributed by atoms with Crippen LogP contribution in [0.25, 0.3) is 0 Å². The number of Topliss-reactive ketones (excluding diaryl/α,β-unsaturated/α-hetero) is 1. The summed E-state index contributed by atoms with van der Waals surface area (Å²) in [6.45, 7) is 1.63. The molecule has 0 atom stereocenters. The number of rotatable bonds is 1. The highest BCUT2D eigenvalue weighted by Crippen LogP contribution is 2.20. The third-order valence-corrected chi connectivity index (χ3v) is 1.43. The lowest BCUT2D eigenvalue weighted by Gasteiger charge is -2.03. The van der Waals surface area contributed by atoms with E-state index in [1.54, 1.807) is 6.92 Å². The van der Waals surface area contributed by atoms with Gasteiger partial charge in [-0.15, -0.1) is 0 Å². The molecule has 0 aliphatic carbocycles. The zero-order valence-electron chi connectivity index (χ0n) is 6.72. The highest BCUT2D eigenvalue weighted by atomic mass is 19.4. The van der Waals surface area contributed by atoms with E-state index in [-0.39, 0.29) is 0 Å². The number of aromatic nitrogens is 1. The summed E-state index contributed by atoms with van der Waals surface area (Å²) in [5.41, 5.74) is 0.136. The molecule has 5 heteroatoms. The number of aryl methyl sites for hydroxylation is 1. The van der Waals surface area contributed by atoms with Crippen molar-refractivity contribution in [3.63, 3.8) is 0 Å². The topological polar surface area (TPSA) is 30.0 Å². The number of hydrogen-bond acceptors (Lipinski definition) is 2. The first-order valence-electron chi connectivity index (χ1n) is 3.45. The number of carbonyl (C=O) groups excluding carboxylic acids is 1. The van der Waals surface area contributed by atoms with E-state index >= 15 is 0 Å². The molecule has 0 fully saturated rings. The number of halogens is 3. The third-order valence-electron chi connectivity index (χ3n) is 1.43. The Labute approximate surface area is 72.4 Å². The molecular formula is C8H6F3NO. The van der Waals surface area contributed by atoms with Crippen molar-refractivity contribution in [1.82, 2.24) is 4.98 Å². The van der Waals surface area contributed by atoms with Crippen molar-refractivity contribution >= 4 is 5.78 Å². The van der Waals surface area contributed by atoms with Crippen LogP contribution >= 0.6 is 0 Å². The Hall–Kier alpha value is -1.39. The Morgan fingerprint density at radius 1 is 1.38 bits per heavy atom. The van der Waals surface area contributed by atoms with Crippen LogP contribution in [0.3, 0.4) is 0 Å². The van der Waals surface area contributed by atoms with Gasteiger partial charge in [0.05, 0.1) is 0 Å². The first kappa shape index (κ1) is 9.70. The lowest BCUT2D eigenvalue weighted by molar-refractivity contribution is -0.0885. The van der Waals surface area contributed by atoms with Gasteiger partial charge in [0, 0.05) is 17.5 Å². The van der Waals surface area contributed by atoms with Crippen molar-refractivity contribution in [3.05, 3.63) is 29.6 Å². The molecular weight excluding hydrogens is 183 g/mol. The molecule has 70 valence electrons. The molecule has 0 aliphatic rings. The van der Waals surface area contributed by atoms with Gasteiger partial charge < -0.3 is 0 Å². The zero-order valence-corrected chi connectivity index (χ0v) is 6.72. The molecule has 13 heavy (non-hydrogen) atoms. The second-order valence-electron chi connectivity index (χ2n) is 2.52. The van der Waals surface area contributed by atoms with Crippen LogP contribution in [0, 0.1) is 6.92 Å². The maximum atomic E-state index is 11.9. The summed E-state index contributed by atoms with van der Waals surface area (Å²) < 4.78 is 35.6. The van der Waals surface area contributed by atoms with Gasteiger partial charge in [0.2, 0.25) is 0 Å². The molecule has 0 saturated heterocycles. The van der Waals surface area contributed by atoms with Crippen molar-refractivity contribution in [1.29, 1.82) is 0 Å². The molecule has 2 nitrogen and oxygen atoms in total. The number of alkyl halides is 3. The Morgan fingerprint density at radius 2 is 2.00 bits per heavy atom. The number of carbonyl (C=O) groups is 1. The average Bonchev–Trinajstić information content (AvgIpc) is 2.03. The van der Waals surface area contributed by atoms with E-state index in [9.17, 15) is 18.0 Å². The van der Waals surface area contributed by atoms with E-state index in [0.717, 1.165) is 12.3 Å². The summed E-state index contributed by atoms with van der Waals surface area (Å²) in [6.07, 6.45) is -3.90. The van der Waals surface area contributed by atoms with Crippen molar-refractivity contribution in [3.8, 4) is 0 Å². The molecule has 1 aromatic rings. The maximum Gasteiger partial charge on any atom is 0.454 e. The number of nitrogens with zero attached hydrogens (tertiary/aromatic N) is 1. The standard InChI is InChI=1S/C8H6F3NO/c1-5-2-3-6(4-12-5)7(13)8(9,10)11/h2-4H,1H3. The summed E-state index contributed by atoms with van der Waals surface area (Å²) in [6, 6.07) is 2.47. The van der Waals surface area contributed by atoms with Crippen LogP contribution in [0.5, 0.6) is 0 Å². The quantitative estimate of drug-likeness (QED) is 0.633. The van der Waals surface area contributed by atoms with Gasteiger partial charge in [0.25, 0.3) is 5.78 Å². The van der Waals surface area contributed by atoms with E-state index in [2.05, 4.69) is 4.98 Å². The van der Waals surface area contributed by atoms with E-state index in [0.29, 0.717) is 5.69 Å². The smallest absolute Gasteiger partial charge is 0.284 e. The third kappa shape index (κ3) is 2.27. The summed E-state index contributed by atoms with van der Waals surface area (Å²) in [5.74, 6) is -1.86. The Bertz CT molecular complexity index is 315. The fraction of sp³-hybridized carbons (Fsp3) is 0.250. The second-order valence-corrected chi connectivity index (χ2v) is 2.52. The normalized spacial score (nSPS) is 11.4. The lowest BCUT2D eigenvalue weighted by atomic mass is 10.2. The molecule has 0 radical (unpaired) electrons. The number of ketones is 1. The number of hydrogen-bond donors (Lipinski definition) is 0. The van der Waals surface area contributed by atoms with Crippen LogP contribution in [0.15, 0.2) is 18.3 Å². The summed E-state index contributed by atoms with van der Waals surface area (Å²) in [5, 5.41) is 0. The molecule has 0 unspecified atom stereocenters. The Morgan fingerprint density at radius 3 is 2.38 bits per heavy atom. The molecule has 0 amide bonds. The van der Waals surface area contributed by atoms with Gasteiger partial charge in [0.15, 0.2) is 0 Å². The van der Waals surface area contributed by atoms with E-state index in [4.69, 9.17) is 0 Å². The second kappa shape index (κ2) is 3.16. The van der Waals surface area contributed by atoms with Gasteiger partial charge >= 0.3 is 6.18 Å². The molecule has 0 aromatic carbocycles. The van der Waals surface area contributed by atoms with Crippen molar-refractivity contribution in [2.75, 3.05) is 0 Å². The molecule has 1 aromatic heterocycles. The molecule has 1 rings (SSSR count). The minimum atomic E-state index is -4.82. The van der Waals surface area contributed by atoms with E-state index in [1.165, 1.54) is 6.07 Å². The zero-order chi connectivity index (χ0) is 10.1. The molecule has 0 aliphatic heterocycles. The predicted octanol–water partition coefficient (Wildman–Crippen LogP) is 2.14. The van der Waals surface area contributed by atoms with Gasteiger partial charge in [-0.05, 0) is 19.1 Å².